The summed E-state index contributed by atoms with van der Waals surface area (Å²) in [5.41, 5.74) is -0.595. The maximum Gasteiger partial charge on any atom is 0.257 e. The van der Waals surface area contributed by atoms with E-state index >= 15 is 0 Å². The van der Waals surface area contributed by atoms with Crippen molar-refractivity contribution in [2.24, 2.45) is 0 Å². The Kier molecular flexibility index (Phi) is 5.55. The Balaban J connectivity index is 2.83. The first-order valence-electron chi connectivity index (χ1n) is 5.39. The molecule has 6 heteroatoms. The van der Waals surface area contributed by atoms with Crippen LogP contribution < -0.4 is 5.32 Å². The molecule has 0 bridgehead atoms. The van der Waals surface area contributed by atoms with Gasteiger partial charge in [0.2, 0.25) is 0 Å². The number of rotatable bonds is 5. The Hall–Kier alpha value is -1.14. The zero-order chi connectivity index (χ0) is 13.7. The zero-order valence-corrected chi connectivity index (χ0v) is 10.9. The van der Waals surface area contributed by atoms with E-state index in [0.29, 0.717) is 0 Å². The lowest BCUT2D eigenvalue weighted by Crippen LogP contribution is -2.41. The van der Waals surface area contributed by atoms with Crippen molar-refractivity contribution in [2.75, 3.05) is 12.9 Å². The van der Waals surface area contributed by atoms with Gasteiger partial charge in [-0.2, -0.15) is 11.8 Å². The lowest BCUT2D eigenvalue weighted by Gasteiger charge is -2.21. The number of carbonyl (C=O) groups excluding carboxylic acids is 1. The minimum Gasteiger partial charge on any atom is -0.395 e. The number of hydrogen-bond donors (Lipinski definition) is 2. The van der Waals surface area contributed by atoms with Crippen LogP contribution in [0.5, 0.6) is 0 Å². The van der Waals surface area contributed by atoms with Gasteiger partial charge in [0.1, 0.15) is 17.2 Å². The summed E-state index contributed by atoms with van der Waals surface area (Å²) < 4.78 is 26.7. The van der Waals surface area contributed by atoms with Crippen LogP contribution in [0.4, 0.5) is 8.78 Å². The van der Waals surface area contributed by atoms with Crippen LogP contribution in [0.1, 0.15) is 17.3 Å². The first-order chi connectivity index (χ1) is 8.51. The molecule has 0 aliphatic carbocycles. The molecule has 18 heavy (non-hydrogen) atoms. The lowest BCUT2D eigenvalue weighted by molar-refractivity contribution is 0.0927. The standard InChI is InChI=1S/C12H15F2NO2S/c1-7(10(6-16)18-2)15-12(17)11-8(13)4-3-5-9(11)14/h3-5,7,10,16H,6H2,1-2H3,(H,15,17). The van der Waals surface area contributed by atoms with E-state index in [1.54, 1.807) is 13.2 Å². The number of amides is 1. The van der Waals surface area contributed by atoms with Gasteiger partial charge >= 0.3 is 0 Å². The summed E-state index contributed by atoms with van der Waals surface area (Å²) in [5.74, 6) is -2.61. The molecular weight excluding hydrogens is 260 g/mol. The van der Waals surface area contributed by atoms with Crippen LogP contribution in [0, 0.1) is 11.6 Å². The van der Waals surface area contributed by atoms with Gasteiger partial charge in [-0.25, -0.2) is 8.78 Å². The van der Waals surface area contributed by atoms with Crippen molar-refractivity contribution >= 4 is 17.7 Å². The quantitative estimate of drug-likeness (QED) is 0.861. The summed E-state index contributed by atoms with van der Waals surface area (Å²) in [6.07, 6.45) is 1.78. The van der Waals surface area contributed by atoms with Gasteiger partial charge in [-0.3, -0.25) is 4.79 Å². The van der Waals surface area contributed by atoms with Crippen molar-refractivity contribution in [3.63, 3.8) is 0 Å². The highest BCUT2D eigenvalue weighted by molar-refractivity contribution is 7.99. The second-order valence-electron chi connectivity index (χ2n) is 3.82. The summed E-state index contributed by atoms with van der Waals surface area (Å²) in [5, 5.41) is 11.3. The Morgan fingerprint density at radius 2 is 2.00 bits per heavy atom. The Labute approximate surface area is 109 Å². The first kappa shape index (κ1) is 14.9. The third kappa shape index (κ3) is 3.43. The molecule has 0 heterocycles. The van der Waals surface area contributed by atoms with Crippen molar-refractivity contribution in [3.05, 3.63) is 35.4 Å². The molecule has 0 fully saturated rings. The van der Waals surface area contributed by atoms with E-state index in [-0.39, 0.29) is 11.9 Å². The van der Waals surface area contributed by atoms with E-state index in [1.807, 2.05) is 0 Å². The van der Waals surface area contributed by atoms with Gasteiger partial charge < -0.3 is 10.4 Å². The van der Waals surface area contributed by atoms with Crippen molar-refractivity contribution in [2.45, 2.75) is 18.2 Å². The smallest absolute Gasteiger partial charge is 0.257 e. The number of hydrogen-bond acceptors (Lipinski definition) is 3. The molecule has 0 aliphatic rings. The van der Waals surface area contributed by atoms with Crippen LogP contribution in [0.3, 0.4) is 0 Å². The first-order valence-corrected chi connectivity index (χ1v) is 6.68. The number of halogens is 2. The molecule has 0 spiro atoms. The number of benzene rings is 1. The van der Waals surface area contributed by atoms with Crippen molar-refractivity contribution in [1.29, 1.82) is 0 Å². The van der Waals surface area contributed by atoms with E-state index in [1.165, 1.54) is 17.8 Å². The normalized spacial score (nSPS) is 14.1. The molecule has 0 saturated carbocycles. The van der Waals surface area contributed by atoms with Crippen molar-refractivity contribution in [3.8, 4) is 0 Å². The predicted octanol–water partition coefficient (Wildman–Crippen LogP) is 1.81. The van der Waals surface area contributed by atoms with Gasteiger partial charge in [-0.05, 0) is 25.3 Å². The van der Waals surface area contributed by atoms with Crippen molar-refractivity contribution < 1.29 is 18.7 Å². The Bertz CT molecular complexity index is 404. The number of aliphatic hydroxyl groups excluding tert-OH is 1. The van der Waals surface area contributed by atoms with E-state index in [9.17, 15) is 13.6 Å². The number of carbonyl (C=O) groups is 1. The van der Waals surface area contributed by atoms with Gasteiger partial charge in [0, 0.05) is 11.3 Å². The molecule has 1 rings (SSSR count). The highest BCUT2D eigenvalue weighted by Gasteiger charge is 2.22. The number of nitrogens with one attached hydrogen (secondary N) is 1. The van der Waals surface area contributed by atoms with Crippen LogP contribution in [-0.2, 0) is 0 Å². The molecule has 1 aromatic carbocycles. The topological polar surface area (TPSA) is 49.3 Å². The van der Waals surface area contributed by atoms with Gasteiger partial charge in [-0.1, -0.05) is 6.07 Å². The number of thioether (sulfide) groups is 1. The molecule has 100 valence electrons. The Morgan fingerprint density at radius 1 is 1.44 bits per heavy atom. The molecule has 0 radical (unpaired) electrons. The van der Waals surface area contributed by atoms with Crippen LogP contribution in [0.25, 0.3) is 0 Å². The minimum absolute atomic E-state index is 0.123. The fourth-order valence-electron chi connectivity index (χ4n) is 1.52. The van der Waals surface area contributed by atoms with Crippen LogP contribution in [-0.4, -0.2) is 35.2 Å². The average molecular weight is 275 g/mol. The molecule has 0 aromatic heterocycles. The highest BCUT2D eigenvalue weighted by atomic mass is 32.2. The minimum atomic E-state index is -0.899. The van der Waals surface area contributed by atoms with Gasteiger partial charge in [0.25, 0.3) is 5.91 Å². The molecule has 0 aliphatic heterocycles. The SMILES string of the molecule is CSC(CO)C(C)NC(=O)c1c(F)cccc1F. The highest BCUT2D eigenvalue weighted by Crippen LogP contribution is 2.14. The largest absolute Gasteiger partial charge is 0.395 e. The van der Waals surface area contributed by atoms with Crippen LogP contribution in [0.2, 0.25) is 0 Å². The van der Waals surface area contributed by atoms with E-state index in [0.717, 1.165) is 12.1 Å². The molecule has 1 aromatic rings. The molecular formula is C12H15F2NO2S. The zero-order valence-electron chi connectivity index (χ0n) is 10.1. The second kappa shape index (κ2) is 6.70. The van der Waals surface area contributed by atoms with E-state index in [2.05, 4.69) is 5.32 Å². The monoisotopic (exact) mass is 275 g/mol. The maximum absolute atomic E-state index is 13.4. The Morgan fingerprint density at radius 3 is 2.44 bits per heavy atom. The van der Waals surface area contributed by atoms with Gasteiger partial charge in [0.05, 0.1) is 6.61 Å². The fourth-order valence-corrected chi connectivity index (χ4v) is 2.15. The average Bonchev–Trinajstić information content (AvgIpc) is 2.30. The van der Waals surface area contributed by atoms with E-state index in [4.69, 9.17) is 5.11 Å². The molecule has 2 atom stereocenters. The fraction of sp³-hybridized carbons (Fsp3) is 0.417. The molecule has 2 unspecified atom stereocenters. The van der Waals surface area contributed by atoms with Crippen LogP contribution in [0.15, 0.2) is 18.2 Å². The lowest BCUT2D eigenvalue weighted by atomic mass is 10.1. The molecule has 3 nitrogen and oxygen atoms in total. The molecule has 2 N–H and O–H groups in total. The van der Waals surface area contributed by atoms with Gasteiger partial charge in [0.15, 0.2) is 0 Å². The summed E-state index contributed by atoms with van der Waals surface area (Å²) >= 11 is 1.37. The van der Waals surface area contributed by atoms with Crippen LogP contribution >= 0.6 is 11.8 Å². The predicted molar refractivity (Wildman–Crippen MR) is 67.7 cm³/mol. The third-order valence-corrected chi connectivity index (χ3v) is 3.75. The summed E-state index contributed by atoms with van der Waals surface area (Å²) in [7, 11) is 0. The van der Waals surface area contributed by atoms with Crippen molar-refractivity contribution in [1.82, 2.24) is 5.32 Å². The molecule has 1 amide bonds. The number of aliphatic hydroxyl groups is 1. The third-order valence-electron chi connectivity index (χ3n) is 2.59. The second-order valence-corrected chi connectivity index (χ2v) is 4.89. The summed E-state index contributed by atoms with van der Waals surface area (Å²) in [6, 6.07) is 2.86. The van der Waals surface area contributed by atoms with Gasteiger partial charge in [-0.15, -0.1) is 0 Å². The maximum atomic E-state index is 13.4. The summed E-state index contributed by atoms with van der Waals surface area (Å²) in [6.45, 7) is 1.55. The summed E-state index contributed by atoms with van der Waals surface area (Å²) in [4.78, 5) is 11.8. The molecule has 0 saturated heterocycles. The van der Waals surface area contributed by atoms with E-state index < -0.39 is 29.1 Å².